The van der Waals surface area contributed by atoms with Crippen LogP contribution in [0.25, 0.3) is 0 Å². The lowest BCUT2D eigenvalue weighted by Crippen LogP contribution is -2.46. The van der Waals surface area contributed by atoms with E-state index >= 15 is 0 Å². The number of benzene rings is 1. The molecule has 18 heavy (non-hydrogen) atoms. The number of amides is 1. The maximum Gasteiger partial charge on any atom is 0.237 e. The number of nitrogens with two attached hydrogens (primary N) is 1. The Bertz CT molecular complexity index is 371. The van der Waals surface area contributed by atoms with Crippen LogP contribution < -0.4 is 11.1 Å². The molecule has 0 heterocycles. The Morgan fingerprint density at radius 3 is 2.56 bits per heavy atom. The van der Waals surface area contributed by atoms with Crippen molar-refractivity contribution in [2.45, 2.75) is 50.6 Å². The monoisotopic (exact) mass is 246 g/mol. The summed E-state index contributed by atoms with van der Waals surface area (Å²) in [6.45, 7) is 0. The highest BCUT2D eigenvalue weighted by atomic mass is 16.2. The van der Waals surface area contributed by atoms with Gasteiger partial charge in [-0.25, -0.2) is 0 Å². The van der Waals surface area contributed by atoms with Crippen molar-refractivity contribution in [2.24, 2.45) is 5.73 Å². The van der Waals surface area contributed by atoms with E-state index in [2.05, 4.69) is 5.32 Å². The molecule has 1 aliphatic carbocycles. The Hall–Kier alpha value is -1.35. The van der Waals surface area contributed by atoms with Crippen LogP contribution in [-0.4, -0.2) is 18.0 Å². The van der Waals surface area contributed by atoms with Gasteiger partial charge < -0.3 is 11.1 Å². The van der Waals surface area contributed by atoms with Crippen molar-refractivity contribution >= 4 is 5.91 Å². The second-order valence-electron chi connectivity index (χ2n) is 5.14. The average molecular weight is 246 g/mol. The minimum Gasteiger partial charge on any atom is -0.352 e. The predicted molar refractivity (Wildman–Crippen MR) is 73.1 cm³/mol. The molecule has 0 radical (unpaired) electrons. The van der Waals surface area contributed by atoms with E-state index in [-0.39, 0.29) is 5.91 Å². The smallest absolute Gasteiger partial charge is 0.237 e. The van der Waals surface area contributed by atoms with Crippen LogP contribution >= 0.6 is 0 Å². The van der Waals surface area contributed by atoms with Gasteiger partial charge in [0.05, 0.1) is 6.04 Å². The molecule has 1 amide bonds. The lowest BCUT2D eigenvalue weighted by atomic mass is 9.95. The fraction of sp³-hybridized carbons (Fsp3) is 0.533. The molecule has 0 saturated heterocycles. The molecule has 3 heteroatoms. The van der Waals surface area contributed by atoms with Crippen LogP contribution in [0.5, 0.6) is 0 Å². The van der Waals surface area contributed by atoms with E-state index in [0.29, 0.717) is 12.5 Å². The molecular formula is C15H22N2O. The molecule has 0 aliphatic heterocycles. The van der Waals surface area contributed by atoms with Gasteiger partial charge in [0.1, 0.15) is 0 Å². The third-order valence-corrected chi connectivity index (χ3v) is 3.59. The number of rotatable bonds is 4. The second-order valence-corrected chi connectivity index (χ2v) is 5.14. The number of nitrogens with one attached hydrogen (secondary N) is 1. The number of hydrogen-bond acceptors (Lipinski definition) is 2. The van der Waals surface area contributed by atoms with Gasteiger partial charge in [-0.05, 0) is 24.8 Å². The molecule has 1 aromatic carbocycles. The summed E-state index contributed by atoms with van der Waals surface area (Å²) < 4.78 is 0. The van der Waals surface area contributed by atoms with E-state index in [1.54, 1.807) is 0 Å². The number of hydrogen-bond donors (Lipinski definition) is 2. The molecule has 1 atom stereocenters. The summed E-state index contributed by atoms with van der Waals surface area (Å²) in [6, 6.07) is 9.84. The molecule has 0 bridgehead atoms. The summed E-state index contributed by atoms with van der Waals surface area (Å²) in [4.78, 5) is 12.0. The SMILES string of the molecule is NC(Cc1ccccc1)C(=O)NC1CCCCC1. The minimum atomic E-state index is -0.436. The van der Waals surface area contributed by atoms with Crippen LogP contribution in [0.2, 0.25) is 0 Å². The van der Waals surface area contributed by atoms with Gasteiger partial charge in [0.2, 0.25) is 5.91 Å². The van der Waals surface area contributed by atoms with Crippen molar-refractivity contribution in [3.63, 3.8) is 0 Å². The van der Waals surface area contributed by atoms with E-state index in [4.69, 9.17) is 5.73 Å². The maximum atomic E-state index is 12.0. The summed E-state index contributed by atoms with van der Waals surface area (Å²) in [5, 5.41) is 3.07. The zero-order valence-corrected chi connectivity index (χ0v) is 10.8. The third kappa shape index (κ3) is 3.84. The summed E-state index contributed by atoms with van der Waals surface area (Å²) in [7, 11) is 0. The Morgan fingerprint density at radius 2 is 1.89 bits per heavy atom. The molecular weight excluding hydrogens is 224 g/mol. The van der Waals surface area contributed by atoms with Gasteiger partial charge in [0, 0.05) is 6.04 Å². The van der Waals surface area contributed by atoms with E-state index in [0.717, 1.165) is 18.4 Å². The van der Waals surface area contributed by atoms with Crippen LogP contribution in [0.3, 0.4) is 0 Å². The van der Waals surface area contributed by atoms with Gasteiger partial charge in [0.15, 0.2) is 0 Å². The van der Waals surface area contributed by atoms with Crippen LogP contribution in [0.15, 0.2) is 30.3 Å². The van der Waals surface area contributed by atoms with E-state index < -0.39 is 6.04 Å². The molecule has 1 fully saturated rings. The van der Waals surface area contributed by atoms with Crippen LogP contribution in [0.1, 0.15) is 37.7 Å². The minimum absolute atomic E-state index is 0.00856. The molecule has 1 unspecified atom stereocenters. The largest absolute Gasteiger partial charge is 0.352 e. The zero-order valence-electron chi connectivity index (χ0n) is 10.8. The van der Waals surface area contributed by atoms with Gasteiger partial charge >= 0.3 is 0 Å². The van der Waals surface area contributed by atoms with Gasteiger partial charge in [-0.2, -0.15) is 0 Å². The Morgan fingerprint density at radius 1 is 1.22 bits per heavy atom. The average Bonchev–Trinajstić information content (AvgIpc) is 2.41. The standard InChI is InChI=1S/C15H22N2O/c16-14(11-12-7-3-1-4-8-12)15(18)17-13-9-5-2-6-10-13/h1,3-4,7-8,13-14H,2,5-6,9-11,16H2,(H,17,18). The molecule has 1 aliphatic rings. The van der Waals surface area contributed by atoms with Crippen LogP contribution in [0.4, 0.5) is 0 Å². The highest BCUT2D eigenvalue weighted by Gasteiger charge is 2.19. The first-order valence-electron chi connectivity index (χ1n) is 6.85. The normalized spacial score (nSPS) is 18.3. The van der Waals surface area contributed by atoms with Gasteiger partial charge in [0.25, 0.3) is 0 Å². The molecule has 1 aromatic rings. The summed E-state index contributed by atoms with van der Waals surface area (Å²) in [6.07, 6.45) is 6.55. The second kappa shape index (κ2) is 6.55. The Labute approximate surface area is 109 Å². The van der Waals surface area contributed by atoms with Crippen molar-refractivity contribution < 1.29 is 4.79 Å². The van der Waals surface area contributed by atoms with Crippen molar-refractivity contribution in [2.75, 3.05) is 0 Å². The fourth-order valence-electron chi connectivity index (χ4n) is 2.52. The lowest BCUT2D eigenvalue weighted by Gasteiger charge is -2.24. The van der Waals surface area contributed by atoms with Crippen molar-refractivity contribution in [1.29, 1.82) is 0 Å². The fourth-order valence-corrected chi connectivity index (χ4v) is 2.52. The van der Waals surface area contributed by atoms with Gasteiger partial charge in [-0.1, -0.05) is 49.6 Å². The number of carbonyl (C=O) groups is 1. The maximum absolute atomic E-state index is 12.0. The van der Waals surface area contributed by atoms with Crippen molar-refractivity contribution in [3.05, 3.63) is 35.9 Å². The molecule has 3 N–H and O–H groups in total. The Kier molecular flexibility index (Phi) is 4.76. The van der Waals surface area contributed by atoms with E-state index in [9.17, 15) is 4.79 Å². The molecule has 3 nitrogen and oxygen atoms in total. The first-order chi connectivity index (χ1) is 8.75. The number of carbonyl (C=O) groups excluding carboxylic acids is 1. The first kappa shape index (κ1) is 13.1. The van der Waals surface area contributed by atoms with Gasteiger partial charge in [-0.15, -0.1) is 0 Å². The first-order valence-corrected chi connectivity index (χ1v) is 6.85. The van der Waals surface area contributed by atoms with E-state index in [1.165, 1.54) is 19.3 Å². The van der Waals surface area contributed by atoms with Gasteiger partial charge in [-0.3, -0.25) is 4.79 Å². The van der Waals surface area contributed by atoms with Crippen LogP contribution in [0, 0.1) is 0 Å². The summed E-state index contributed by atoms with van der Waals surface area (Å²) >= 11 is 0. The molecule has 2 rings (SSSR count). The summed E-state index contributed by atoms with van der Waals surface area (Å²) in [5.74, 6) is -0.00856. The Balaban J connectivity index is 1.81. The lowest BCUT2D eigenvalue weighted by molar-refractivity contribution is -0.123. The predicted octanol–water partition coefficient (Wildman–Crippen LogP) is 2.01. The molecule has 0 spiro atoms. The molecule has 1 saturated carbocycles. The third-order valence-electron chi connectivity index (χ3n) is 3.59. The molecule has 0 aromatic heterocycles. The quantitative estimate of drug-likeness (QED) is 0.854. The van der Waals surface area contributed by atoms with Crippen molar-refractivity contribution in [3.8, 4) is 0 Å². The highest BCUT2D eigenvalue weighted by Crippen LogP contribution is 2.17. The van der Waals surface area contributed by atoms with Crippen molar-refractivity contribution in [1.82, 2.24) is 5.32 Å². The topological polar surface area (TPSA) is 55.1 Å². The summed E-state index contributed by atoms with van der Waals surface area (Å²) in [5.41, 5.74) is 7.07. The highest BCUT2D eigenvalue weighted by molar-refractivity contribution is 5.82. The molecule has 98 valence electrons. The zero-order chi connectivity index (χ0) is 12.8. The van der Waals surface area contributed by atoms with E-state index in [1.807, 2.05) is 30.3 Å². The van der Waals surface area contributed by atoms with Crippen LogP contribution in [-0.2, 0) is 11.2 Å².